The van der Waals surface area contributed by atoms with Gasteiger partial charge in [0.05, 0.1) is 6.04 Å². The third kappa shape index (κ3) is 3.85. The fraction of sp³-hybridized carbons (Fsp3) is 0.833. The lowest BCUT2D eigenvalue weighted by Gasteiger charge is -2.31. The Hall–Kier alpha value is -1.14. The zero-order chi connectivity index (χ0) is 16.7. The Morgan fingerprint density at radius 3 is 2.64 bits per heavy atom. The van der Waals surface area contributed by atoms with Crippen LogP contribution in [-0.4, -0.2) is 39.6 Å². The summed E-state index contributed by atoms with van der Waals surface area (Å²) in [6, 6.07) is 1.29. The van der Waals surface area contributed by atoms with Crippen LogP contribution in [0.5, 0.6) is 0 Å². The Morgan fingerprint density at radius 1 is 1.28 bits per heavy atom. The Labute approximate surface area is 155 Å². The Kier molecular flexibility index (Phi) is 5.68. The number of carbonyl (C=O) groups is 1. The van der Waals surface area contributed by atoms with Gasteiger partial charge in [0.1, 0.15) is 0 Å². The quantitative estimate of drug-likeness (QED) is 0.883. The summed E-state index contributed by atoms with van der Waals surface area (Å²) in [5.41, 5.74) is 0. The number of likely N-dealkylation sites (tertiary alicyclic amines) is 1. The molecule has 7 heteroatoms. The number of aromatic nitrogens is 2. The summed E-state index contributed by atoms with van der Waals surface area (Å²) in [4.78, 5) is 19.4. The van der Waals surface area contributed by atoms with Crippen molar-refractivity contribution in [1.82, 2.24) is 20.4 Å². The molecule has 140 valence electrons. The minimum Gasteiger partial charge on any atom is -0.339 e. The van der Waals surface area contributed by atoms with Crippen molar-refractivity contribution in [3.05, 3.63) is 11.7 Å². The molecule has 3 unspecified atom stereocenters. The molecule has 1 aromatic rings. The highest BCUT2D eigenvalue weighted by Crippen LogP contribution is 2.36. The minimum atomic E-state index is 0. The number of carbonyl (C=O) groups excluding carboxylic acids is 1. The molecule has 0 aromatic carbocycles. The van der Waals surface area contributed by atoms with Crippen molar-refractivity contribution in [2.75, 3.05) is 6.54 Å². The third-order valence-electron chi connectivity index (χ3n) is 5.86. The van der Waals surface area contributed by atoms with Gasteiger partial charge in [-0.15, -0.1) is 12.4 Å². The van der Waals surface area contributed by atoms with Crippen molar-refractivity contribution in [2.24, 2.45) is 5.92 Å². The molecule has 1 N–H and O–H groups in total. The molecule has 3 aliphatic heterocycles. The molecule has 25 heavy (non-hydrogen) atoms. The largest absolute Gasteiger partial charge is 0.339 e. The lowest BCUT2D eigenvalue weighted by molar-refractivity contribution is -0.133. The van der Waals surface area contributed by atoms with E-state index in [1.165, 1.54) is 12.8 Å². The van der Waals surface area contributed by atoms with Gasteiger partial charge < -0.3 is 14.7 Å². The van der Waals surface area contributed by atoms with Gasteiger partial charge in [-0.2, -0.15) is 4.98 Å². The number of hydrogen-bond acceptors (Lipinski definition) is 5. The zero-order valence-electron chi connectivity index (χ0n) is 15.1. The molecule has 1 aromatic heterocycles. The van der Waals surface area contributed by atoms with E-state index in [2.05, 4.69) is 15.5 Å². The average molecular weight is 369 g/mol. The van der Waals surface area contributed by atoms with E-state index in [-0.39, 0.29) is 30.3 Å². The normalized spacial score (nSPS) is 31.4. The molecule has 3 fully saturated rings. The molecule has 0 radical (unpaired) electrons. The first-order valence-electron chi connectivity index (χ1n) is 9.49. The third-order valence-corrected chi connectivity index (χ3v) is 5.86. The highest BCUT2D eigenvalue weighted by atomic mass is 35.5. The standard InChI is InChI=1S/C18H28N4O2.ClH/c1-11(2)18-20-17(21-24-18)15-4-3-7-22(15)16(23)10-12-8-13-5-6-14(9-12)19-13;/h11-15,19H,3-10H2,1-2H3;1H. The van der Waals surface area contributed by atoms with Crippen LogP contribution >= 0.6 is 12.4 Å². The number of fused-ring (bicyclic) bond motifs is 2. The molecule has 6 nitrogen and oxygen atoms in total. The van der Waals surface area contributed by atoms with Gasteiger partial charge in [0.2, 0.25) is 11.8 Å². The lowest BCUT2D eigenvalue weighted by Crippen LogP contribution is -2.40. The number of rotatable bonds is 4. The van der Waals surface area contributed by atoms with E-state index < -0.39 is 0 Å². The van der Waals surface area contributed by atoms with E-state index in [4.69, 9.17) is 4.52 Å². The van der Waals surface area contributed by atoms with E-state index in [0.29, 0.717) is 36.1 Å². The number of nitrogens with one attached hydrogen (secondary N) is 1. The monoisotopic (exact) mass is 368 g/mol. The van der Waals surface area contributed by atoms with Crippen LogP contribution in [0.3, 0.4) is 0 Å². The first-order valence-corrected chi connectivity index (χ1v) is 9.49. The van der Waals surface area contributed by atoms with Crippen molar-refractivity contribution >= 4 is 18.3 Å². The van der Waals surface area contributed by atoms with Crippen molar-refractivity contribution in [3.63, 3.8) is 0 Å². The molecule has 0 aliphatic carbocycles. The number of nitrogens with zero attached hydrogens (tertiary/aromatic N) is 3. The van der Waals surface area contributed by atoms with Crippen molar-refractivity contribution < 1.29 is 9.32 Å². The second kappa shape index (κ2) is 7.62. The van der Waals surface area contributed by atoms with E-state index >= 15 is 0 Å². The predicted octanol–water partition coefficient (Wildman–Crippen LogP) is 3.20. The Bertz CT molecular complexity index is 594. The van der Waals surface area contributed by atoms with Crippen LogP contribution in [0.25, 0.3) is 0 Å². The van der Waals surface area contributed by atoms with Gasteiger partial charge in [-0.25, -0.2) is 0 Å². The molecule has 1 amide bonds. The first-order chi connectivity index (χ1) is 11.6. The maximum atomic E-state index is 12.9. The van der Waals surface area contributed by atoms with Gasteiger partial charge >= 0.3 is 0 Å². The number of halogens is 1. The topological polar surface area (TPSA) is 71.3 Å². The van der Waals surface area contributed by atoms with Crippen LogP contribution in [-0.2, 0) is 4.79 Å². The predicted molar refractivity (Wildman–Crippen MR) is 96.6 cm³/mol. The van der Waals surface area contributed by atoms with Gasteiger partial charge in [0.25, 0.3) is 0 Å². The molecule has 2 bridgehead atoms. The van der Waals surface area contributed by atoms with Gasteiger partial charge in [0.15, 0.2) is 5.82 Å². The van der Waals surface area contributed by atoms with Crippen LogP contribution in [0.4, 0.5) is 0 Å². The average Bonchev–Trinajstić information content (AvgIpc) is 3.25. The smallest absolute Gasteiger partial charge is 0.229 e. The van der Waals surface area contributed by atoms with Gasteiger partial charge in [-0.3, -0.25) is 4.79 Å². The summed E-state index contributed by atoms with van der Waals surface area (Å²) in [7, 11) is 0. The maximum Gasteiger partial charge on any atom is 0.229 e. The van der Waals surface area contributed by atoms with Crippen LogP contribution in [0.1, 0.15) is 82.5 Å². The molecule has 3 saturated heterocycles. The molecule has 0 saturated carbocycles. The molecular formula is C18H29ClN4O2. The summed E-state index contributed by atoms with van der Waals surface area (Å²) in [5, 5.41) is 7.80. The number of piperidine rings is 1. The second-order valence-corrected chi connectivity index (χ2v) is 8.07. The SMILES string of the molecule is CC(C)c1nc(C2CCCN2C(=O)CC2CC3CCC(C2)N3)no1.Cl. The molecule has 3 atom stereocenters. The molecular weight excluding hydrogens is 340 g/mol. The Morgan fingerprint density at radius 2 is 2.00 bits per heavy atom. The first kappa shape index (κ1) is 18.6. The van der Waals surface area contributed by atoms with Gasteiger partial charge in [0, 0.05) is 31.0 Å². The Balaban J connectivity index is 0.00000182. The summed E-state index contributed by atoms with van der Waals surface area (Å²) >= 11 is 0. The summed E-state index contributed by atoms with van der Waals surface area (Å²) in [6.07, 6.45) is 7.52. The van der Waals surface area contributed by atoms with Crippen LogP contribution in [0.2, 0.25) is 0 Å². The van der Waals surface area contributed by atoms with Crippen molar-refractivity contribution in [3.8, 4) is 0 Å². The highest BCUT2D eigenvalue weighted by molar-refractivity contribution is 5.85. The van der Waals surface area contributed by atoms with Gasteiger partial charge in [-0.1, -0.05) is 19.0 Å². The maximum absolute atomic E-state index is 12.9. The van der Waals surface area contributed by atoms with E-state index in [9.17, 15) is 4.79 Å². The molecule has 3 aliphatic rings. The highest BCUT2D eigenvalue weighted by Gasteiger charge is 2.38. The van der Waals surface area contributed by atoms with Crippen molar-refractivity contribution in [1.29, 1.82) is 0 Å². The molecule has 0 spiro atoms. The molecule has 4 heterocycles. The number of hydrogen-bond donors (Lipinski definition) is 1. The van der Waals surface area contributed by atoms with E-state index in [0.717, 1.165) is 32.2 Å². The van der Waals surface area contributed by atoms with Crippen LogP contribution in [0, 0.1) is 5.92 Å². The summed E-state index contributed by atoms with van der Waals surface area (Å²) in [5.74, 6) is 2.39. The summed E-state index contributed by atoms with van der Waals surface area (Å²) in [6.45, 7) is 4.91. The second-order valence-electron chi connectivity index (χ2n) is 8.07. The van der Waals surface area contributed by atoms with E-state index in [1.54, 1.807) is 0 Å². The minimum absolute atomic E-state index is 0. The van der Waals surface area contributed by atoms with Crippen LogP contribution < -0.4 is 5.32 Å². The van der Waals surface area contributed by atoms with Gasteiger partial charge in [-0.05, 0) is 44.4 Å². The number of amides is 1. The lowest BCUT2D eigenvalue weighted by atomic mass is 9.89. The van der Waals surface area contributed by atoms with Crippen molar-refractivity contribution in [2.45, 2.75) is 82.8 Å². The fourth-order valence-corrected chi connectivity index (χ4v) is 4.66. The van der Waals surface area contributed by atoms with E-state index in [1.807, 2.05) is 18.7 Å². The fourth-order valence-electron chi connectivity index (χ4n) is 4.66. The zero-order valence-corrected chi connectivity index (χ0v) is 15.9. The van der Waals surface area contributed by atoms with Crippen LogP contribution in [0.15, 0.2) is 4.52 Å². The summed E-state index contributed by atoms with van der Waals surface area (Å²) < 4.78 is 5.35. The molecule has 4 rings (SSSR count).